The predicted octanol–water partition coefficient (Wildman–Crippen LogP) is -0.371. The summed E-state index contributed by atoms with van der Waals surface area (Å²) in [6, 6.07) is -0.398. The normalized spacial score (nSPS) is 19.3. The molecular weight excluding hydrogens is 224 g/mol. The van der Waals surface area contributed by atoms with Gasteiger partial charge in [0.2, 0.25) is 11.9 Å². The number of amides is 1. The number of hydrogen-bond acceptors (Lipinski definition) is 5. The van der Waals surface area contributed by atoms with Gasteiger partial charge in [-0.15, -0.1) is 0 Å². The van der Waals surface area contributed by atoms with E-state index < -0.39 is 17.9 Å². The molecule has 2 heterocycles. The predicted molar refractivity (Wildman–Crippen MR) is 58.6 cm³/mol. The molecule has 0 aliphatic carbocycles. The molecular formula is C10H12N4O3. The van der Waals surface area contributed by atoms with Crippen LogP contribution in [0.2, 0.25) is 0 Å². The summed E-state index contributed by atoms with van der Waals surface area (Å²) in [6.45, 7) is 0.653. The van der Waals surface area contributed by atoms with E-state index in [0.717, 1.165) is 6.42 Å². The molecule has 0 aromatic carbocycles. The summed E-state index contributed by atoms with van der Waals surface area (Å²) in [5, 5.41) is 8.71. The molecule has 1 unspecified atom stereocenters. The van der Waals surface area contributed by atoms with Crippen molar-refractivity contribution < 1.29 is 14.7 Å². The number of carboxylic acid groups (broad SMARTS) is 1. The van der Waals surface area contributed by atoms with Crippen LogP contribution in [0.4, 0.5) is 5.95 Å². The number of carbonyl (C=O) groups excluding carboxylic acids is 1. The molecule has 0 saturated carbocycles. The van der Waals surface area contributed by atoms with Crippen molar-refractivity contribution in [3.05, 3.63) is 18.0 Å². The van der Waals surface area contributed by atoms with Gasteiger partial charge in [-0.05, 0) is 12.8 Å². The van der Waals surface area contributed by atoms with Gasteiger partial charge in [-0.1, -0.05) is 0 Å². The number of primary amides is 1. The quantitative estimate of drug-likeness (QED) is 0.740. The summed E-state index contributed by atoms with van der Waals surface area (Å²) in [6.07, 6.45) is 3.97. The second kappa shape index (κ2) is 4.36. The lowest BCUT2D eigenvalue weighted by molar-refractivity contribution is -0.119. The van der Waals surface area contributed by atoms with Crippen molar-refractivity contribution in [2.75, 3.05) is 11.4 Å². The molecule has 0 bridgehead atoms. The summed E-state index contributed by atoms with van der Waals surface area (Å²) in [5.74, 6) is -1.14. The van der Waals surface area contributed by atoms with E-state index in [1.54, 1.807) is 4.90 Å². The van der Waals surface area contributed by atoms with Crippen LogP contribution >= 0.6 is 0 Å². The molecule has 1 aliphatic rings. The molecule has 1 amide bonds. The Morgan fingerprint density at radius 3 is 2.59 bits per heavy atom. The van der Waals surface area contributed by atoms with E-state index in [9.17, 15) is 9.59 Å². The van der Waals surface area contributed by atoms with Crippen LogP contribution in [0.5, 0.6) is 0 Å². The second-order valence-corrected chi connectivity index (χ2v) is 3.83. The molecule has 2 rings (SSSR count). The average molecular weight is 236 g/mol. The van der Waals surface area contributed by atoms with Crippen LogP contribution in [0.3, 0.4) is 0 Å². The maximum atomic E-state index is 11.2. The van der Waals surface area contributed by atoms with Crippen molar-refractivity contribution in [1.29, 1.82) is 0 Å². The lowest BCUT2D eigenvalue weighted by Gasteiger charge is -2.21. The third-order valence-electron chi connectivity index (χ3n) is 2.72. The molecule has 1 saturated heterocycles. The van der Waals surface area contributed by atoms with E-state index in [1.807, 2.05) is 0 Å². The minimum absolute atomic E-state index is 0.0172. The average Bonchev–Trinajstić information content (AvgIpc) is 2.78. The number of anilines is 1. The van der Waals surface area contributed by atoms with E-state index in [-0.39, 0.29) is 5.56 Å². The number of carboxylic acids is 1. The van der Waals surface area contributed by atoms with Crippen LogP contribution in [0, 0.1) is 0 Å². The number of aromatic nitrogens is 2. The van der Waals surface area contributed by atoms with Gasteiger partial charge in [0.15, 0.2) is 0 Å². The van der Waals surface area contributed by atoms with E-state index in [4.69, 9.17) is 10.8 Å². The van der Waals surface area contributed by atoms with Crippen LogP contribution in [0.25, 0.3) is 0 Å². The number of hydrogen-bond donors (Lipinski definition) is 2. The Bertz CT molecular complexity index is 445. The van der Waals surface area contributed by atoms with Crippen LogP contribution < -0.4 is 10.6 Å². The number of nitrogens with two attached hydrogens (primary N) is 1. The second-order valence-electron chi connectivity index (χ2n) is 3.83. The van der Waals surface area contributed by atoms with Gasteiger partial charge in [0.1, 0.15) is 6.04 Å². The number of carbonyl (C=O) groups is 2. The summed E-state index contributed by atoms with van der Waals surface area (Å²) < 4.78 is 0. The molecule has 1 aliphatic heterocycles. The highest BCUT2D eigenvalue weighted by Gasteiger charge is 2.30. The Morgan fingerprint density at radius 2 is 2.06 bits per heavy atom. The number of rotatable bonds is 3. The molecule has 3 N–H and O–H groups in total. The molecule has 0 spiro atoms. The van der Waals surface area contributed by atoms with Crippen LogP contribution in [0.1, 0.15) is 23.2 Å². The summed E-state index contributed by atoms with van der Waals surface area (Å²) in [4.78, 5) is 31.4. The Labute approximate surface area is 97.3 Å². The SMILES string of the molecule is NC(=O)C1CCCN1c1ncc(C(=O)O)cn1. The summed E-state index contributed by atoms with van der Waals surface area (Å²) in [5.41, 5.74) is 5.29. The van der Waals surface area contributed by atoms with E-state index >= 15 is 0 Å². The van der Waals surface area contributed by atoms with Crippen molar-refractivity contribution >= 4 is 17.8 Å². The smallest absolute Gasteiger partial charge is 0.338 e. The minimum atomic E-state index is -1.08. The van der Waals surface area contributed by atoms with Gasteiger partial charge < -0.3 is 15.7 Å². The molecule has 0 radical (unpaired) electrons. The van der Waals surface area contributed by atoms with Crippen molar-refractivity contribution in [2.45, 2.75) is 18.9 Å². The largest absolute Gasteiger partial charge is 0.478 e. The van der Waals surface area contributed by atoms with Gasteiger partial charge in [0.25, 0.3) is 0 Å². The first-order valence-electron chi connectivity index (χ1n) is 5.21. The van der Waals surface area contributed by atoms with Gasteiger partial charge in [-0.3, -0.25) is 4.79 Å². The fraction of sp³-hybridized carbons (Fsp3) is 0.400. The summed E-state index contributed by atoms with van der Waals surface area (Å²) >= 11 is 0. The van der Waals surface area contributed by atoms with Crippen LogP contribution in [-0.2, 0) is 4.79 Å². The third kappa shape index (κ3) is 2.17. The fourth-order valence-corrected chi connectivity index (χ4v) is 1.88. The number of aromatic carboxylic acids is 1. The molecule has 17 heavy (non-hydrogen) atoms. The Morgan fingerprint density at radius 1 is 1.41 bits per heavy atom. The van der Waals surface area contributed by atoms with Crippen LogP contribution in [0.15, 0.2) is 12.4 Å². The summed E-state index contributed by atoms with van der Waals surface area (Å²) in [7, 11) is 0. The van der Waals surface area contributed by atoms with Crippen molar-refractivity contribution in [3.63, 3.8) is 0 Å². The van der Waals surface area contributed by atoms with Gasteiger partial charge in [0.05, 0.1) is 5.56 Å². The van der Waals surface area contributed by atoms with Crippen molar-refractivity contribution in [3.8, 4) is 0 Å². The monoisotopic (exact) mass is 236 g/mol. The zero-order valence-corrected chi connectivity index (χ0v) is 9.04. The van der Waals surface area contributed by atoms with Gasteiger partial charge >= 0.3 is 5.97 Å². The first-order chi connectivity index (χ1) is 8.09. The first kappa shape index (κ1) is 11.3. The van der Waals surface area contributed by atoms with Gasteiger partial charge in [-0.25, -0.2) is 14.8 Å². The number of nitrogens with zero attached hydrogens (tertiary/aromatic N) is 3. The maximum Gasteiger partial charge on any atom is 0.338 e. The Balaban J connectivity index is 2.22. The Hall–Kier alpha value is -2.18. The molecule has 7 heteroatoms. The maximum absolute atomic E-state index is 11.2. The van der Waals surface area contributed by atoms with Crippen molar-refractivity contribution in [1.82, 2.24) is 9.97 Å². The fourth-order valence-electron chi connectivity index (χ4n) is 1.88. The third-order valence-corrected chi connectivity index (χ3v) is 2.72. The highest BCUT2D eigenvalue weighted by Crippen LogP contribution is 2.21. The van der Waals surface area contributed by atoms with Gasteiger partial charge in [-0.2, -0.15) is 0 Å². The van der Waals surface area contributed by atoms with E-state index in [2.05, 4.69) is 9.97 Å². The van der Waals surface area contributed by atoms with Crippen LogP contribution in [-0.4, -0.2) is 39.5 Å². The molecule has 1 fully saturated rings. The molecule has 1 aromatic rings. The standard InChI is InChI=1S/C10H12N4O3/c11-8(15)7-2-1-3-14(7)10-12-4-6(5-13-10)9(16)17/h4-5,7H,1-3H2,(H2,11,15)(H,16,17). The van der Waals surface area contributed by atoms with Crippen molar-refractivity contribution in [2.24, 2.45) is 5.73 Å². The molecule has 7 nitrogen and oxygen atoms in total. The van der Waals surface area contributed by atoms with E-state index in [0.29, 0.717) is 18.9 Å². The topological polar surface area (TPSA) is 109 Å². The highest BCUT2D eigenvalue weighted by atomic mass is 16.4. The molecule has 1 atom stereocenters. The lowest BCUT2D eigenvalue weighted by atomic mass is 10.2. The molecule has 1 aromatic heterocycles. The van der Waals surface area contributed by atoms with E-state index in [1.165, 1.54) is 12.4 Å². The Kier molecular flexibility index (Phi) is 2.90. The minimum Gasteiger partial charge on any atom is -0.478 e. The molecule has 90 valence electrons. The van der Waals surface area contributed by atoms with Gasteiger partial charge in [0, 0.05) is 18.9 Å². The highest BCUT2D eigenvalue weighted by molar-refractivity contribution is 5.87. The lowest BCUT2D eigenvalue weighted by Crippen LogP contribution is -2.41. The zero-order valence-electron chi connectivity index (χ0n) is 9.04. The zero-order chi connectivity index (χ0) is 12.4. The first-order valence-corrected chi connectivity index (χ1v) is 5.21.